The summed E-state index contributed by atoms with van der Waals surface area (Å²) in [6.07, 6.45) is 3.31. The van der Waals surface area contributed by atoms with Crippen LogP contribution >= 0.6 is 11.3 Å². The number of thiophene rings is 1. The van der Waals surface area contributed by atoms with E-state index in [2.05, 4.69) is 15.1 Å². The fraction of sp³-hybridized carbons (Fsp3) is 0.333. The number of aromatic nitrogens is 6. The van der Waals surface area contributed by atoms with Crippen LogP contribution in [-0.2, 0) is 13.5 Å². The van der Waals surface area contributed by atoms with E-state index in [1.807, 2.05) is 27.7 Å². The highest BCUT2D eigenvalue weighted by atomic mass is 32.1. The topological polar surface area (TPSA) is 125 Å². The number of carbonyl (C=O) groups is 1. The van der Waals surface area contributed by atoms with Crippen LogP contribution < -0.4 is 11.2 Å². The molecule has 32 heavy (non-hydrogen) atoms. The molecule has 10 nitrogen and oxygen atoms in total. The summed E-state index contributed by atoms with van der Waals surface area (Å²) in [5, 5.41) is 14.6. The molecule has 166 valence electrons. The van der Waals surface area contributed by atoms with E-state index in [0.717, 1.165) is 21.5 Å². The van der Waals surface area contributed by atoms with Gasteiger partial charge in [-0.1, -0.05) is 0 Å². The van der Waals surface area contributed by atoms with E-state index < -0.39 is 17.2 Å². The minimum absolute atomic E-state index is 0.0615. The molecule has 4 heterocycles. The molecule has 0 aliphatic rings. The molecule has 0 bridgehead atoms. The van der Waals surface area contributed by atoms with Crippen LogP contribution in [0.15, 0.2) is 28.2 Å². The lowest BCUT2D eigenvalue weighted by atomic mass is 10.0. The summed E-state index contributed by atoms with van der Waals surface area (Å²) in [5.74, 6) is -0.597. The standard InChI is InChI=1S/C21H22N6O4S/c1-10(2)26-19-17(18(28)25(5)21(26)31)16(20(29)30)14(32-19)8-13-11(3)24-27(12(13)4)15-6-7-22-9-23-15/h6-7,9-10H,8H2,1-5H3,(H,29,30). The molecule has 1 N–H and O–H groups in total. The van der Waals surface area contributed by atoms with E-state index in [4.69, 9.17) is 0 Å². The van der Waals surface area contributed by atoms with Crippen molar-refractivity contribution < 1.29 is 9.90 Å². The maximum Gasteiger partial charge on any atom is 0.337 e. The SMILES string of the molecule is Cc1nn(-c2ccncn2)c(C)c1Cc1sc2c(c1C(=O)O)c(=O)n(C)c(=O)n2C(C)C. The Labute approximate surface area is 186 Å². The number of carboxylic acid groups (broad SMARTS) is 1. The highest BCUT2D eigenvalue weighted by molar-refractivity contribution is 7.19. The van der Waals surface area contributed by atoms with Gasteiger partial charge in [0.05, 0.1) is 16.6 Å². The lowest BCUT2D eigenvalue weighted by molar-refractivity contribution is 0.0698. The highest BCUT2D eigenvalue weighted by Gasteiger charge is 2.27. The van der Waals surface area contributed by atoms with Crippen molar-refractivity contribution in [1.29, 1.82) is 0 Å². The number of aryl methyl sites for hydroxylation is 1. The van der Waals surface area contributed by atoms with Gasteiger partial charge in [0, 0.05) is 47.9 Å². The number of hydrogen-bond acceptors (Lipinski definition) is 7. The van der Waals surface area contributed by atoms with Crippen LogP contribution in [0.4, 0.5) is 0 Å². The number of rotatable bonds is 5. The summed E-state index contributed by atoms with van der Waals surface area (Å²) in [5.41, 5.74) is 1.24. The van der Waals surface area contributed by atoms with Crippen molar-refractivity contribution in [2.75, 3.05) is 0 Å². The van der Waals surface area contributed by atoms with Gasteiger partial charge in [-0.3, -0.25) is 13.9 Å². The maximum atomic E-state index is 12.9. The maximum absolute atomic E-state index is 12.9. The van der Waals surface area contributed by atoms with Crippen LogP contribution in [-0.4, -0.2) is 40.0 Å². The fourth-order valence-electron chi connectivity index (χ4n) is 3.87. The number of aromatic carboxylic acids is 1. The third kappa shape index (κ3) is 3.25. The quantitative estimate of drug-likeness (QED) is 0.490. The number of fused-ring (bicyclic) bond motifs is 1. The Kier molecular flexibility index (Phi) is 5.29. The molecule has 0 aliphatic carbocycles. The molecule has 0 spiro atoms. The fourth-order valence-corrected chi connectivity index (χ4v) is 5.29. The minimum Gasteiger partial charge on any atom is -0.478 e. The van der Waals surface area contributed by atoms with Gasteiger partial charge in [-0.2, -0.15) is 5.10 Å². The minimum atomic E-state index is -1.20. The van der Waals surface area contributed by atoms with Crippen molar-refractivity contribution in [3.8, 4) is 5.82 Å². The van der Waals surface area contributed by atoms with Crippen LogP contribution in [0.2, 0.25) is 0 Å². The molecule has 0 saturated carbocycles. The average Bonchev–Trinajstić information content (AvgIpc) is 3.25. The third-order valence-electron chi connectivity index (χ3n) is 5.49. The predicted octanol–water partition coefficient (Wildman–Crippen LogP) is 2.22. The van der Waals surface area contributed by atoms with Gasteiger partial charge in [-0.25, -0.2) is 24.2 Å². The van der Waals surface area contributed by atoms with Gasteiger partial charge < -0.3 is 5.11 Å². The van der Waals surface area contributed by atoms with E-state index in [1.54, 1.807) is 16.9 Å². The van der Waals surface area contributed by atoms with E-state index in [1.165, 1.54) is 29.3 Å². The molecule has 11 heteroatoms. The molecule has 0 unspecified atom stereocenters. The zero-order chi connectivity index (χ0) is 23.3. The van der Waals surface area contributed by atoms with Gasteiger partial charge >= 0.3 is 11.7 Å². The first-order valence-corrected chi connectivity index (χ1v) is 10.8. The first-order valence-electron chi connectivity index (χ1n) is 9.95. The van der Waals surface area contributed by atoms with Crippen LogP contribution in [0, 0.1) is 13.8 Å². The normalized spacial score (nSPS) is 11.6. The molecule has 4 aromatic heterocycles. The summed E-state index contributed by atoms with van der Waals surface area (Å²) in [4.78, 5) is 46.9. The summed E-state index contributed by atoms with van der Waals surface area (Å²) in [6, 6.07) is 1.49. The Hall–Kier alpha value is -3.60. The van der Waals surface area contributed by atoms with E-state index >= 15 is 0 Å². The average molecular weight is 455 g/mol. The van der Waals surface area contributed by atoms with Crippen molar-refractivity contribution in [3.63, 3.8) is 0 Å². The Bertz CT molecular complexity index is 1480. The Morgan fingerprint density at radius 1 is 1.25 bits per heavy atom. The van der Waals surface area contributed by atoms with Crippen LogP contribution in [0.1, 0.15) is 52.1 Å². The lowest BCUT2D eigenvalue weighted by Gasteiger charge is -2.12. The summed E-state index contributed by atoms with van der Waals surface area (Å²) in [7, 11) is 1.37. The molecular weight excluding hydrogens is 432 g/mol. The smallest absolute Gasteiger partial charge is 0.337 e. The van der Waals surface area contributed by atoms with Gasteiger partial charge in [0.2, 0.25) is 0 Å². The van der Waals surface area contributed by atoms with E-state index in [0.29, 0.717) is 15.5 Å². The Balaban J connectivity index is 1.97. The number of hydrogen-bond donors (Lipinski definition) is 1. The second-order valence-electron chi connectivity index (χ2n) is 7.80. The van der Waals surface area contributed by atoms with Crippen LogP contribution in [0.3, 0.4) is 0 Å². The second-order valence-corrected chi connectivity index (χ2v) is 8.89. The second kappa shape index (κ2) is 7.83. The third-order valence-corrected chi connectivity index (χ3v) is 6.67. The first kappa shape index (κ1) is 21.6. The summed E-state index contributed by atoms with van der Waals surface area (Å²) >= 11 is 1.17. The lowest BCUT2D eigenvalue weighted by Crippen LogP contribution is -2.38. The zero-order valence-electron chi connectivity index (χ0n) is 18.3. The van der Waals surface area contributed by atoms with Gasteiger partial charge in [0.1, 0.15) is 11.2 Å². The highest BCUT2D eigenvalue weighted by Crippen LogP contribution is 2.33. The Morgan fingerprint density at radius 3 is 2.56 bits per heavy atom. The number of carboxylic acids is 1. The van der Waals surface area contributed by atoms with Crippen molar-refractivity contribution in [1.82, 2.24) is 28.9 Å². The van der Waals surface area contributed by atoms with Crippen molar-refractivity contribution >= 4 is 27.5 Å². The van der Waals surface area contributed by atoms with Gasteiger partial charge in [-0.15, -0.1) is 11.3 Å². The summed E-state index contributed by atoms with van der Waals surface area (Å²) in [6.45, 7) is 7.38. The zero-order valence-corrected chi connectivity index (χ0v) is 19.1. The van der Waals surface area contributed by atoms with Crippen LogP contribution in [0.25, 0.3) is 16.0 Å². The van der Waals surface area contributed by atoms with Crippen molar-refractivity contribution in [2.24, 2.45) is 7.05 Å². The van der Waals surface area contributed by atoms with E-state index in [9.17, 15) is 19.5 Å². The monoisotopic (exact) mass is 454 g/mol. The molecular formula is C21H22N6O4S. The molecule has 0 aliphatic heterocycles. The molecule has 4 aromatic rings. The molecule has 0 amide bonds. The Morgan fingerprint density at radius 2 is 1.97 bits per heavy atom. The van der Waals surface area contributed by atoms with Gasteiger partial charge in [0.25, 0.3) is 5.56 Å². The van der Waals surface area contributed by atoms with E-state index in [-0.39, 0.29) is 23.4 Å². The summed E-state index contributed by atoms with van der Waals surface area (Å²) < 4.78 is 4.12. The largest absolute Gasteiger partial charge is 0.478 e. The number of nitrogens with zero attached hydrogens (tertiary/aromatic N) is 6. The first-order chi connectivity index (χ1) is 15.1. The molecule has 0 fully saturated rings. The van der Waals surface area contributed by atoms with Gasteiger partial charge in [0.15, 0.2) is 5.82 Å². The molecule has 0 aromatic carbocycles. The van der Waals surface area contributed by atoms with Crippen molar-refractivity contribution in [2.45, 2.75) is 40.2 Å². The van der Waals surface area contributed by atoms with Crippen molar-refractivity contribution in [3.05, 3.63) is 66.8 Å². The molecule has 4 rings (SSSR count). The molecule has 0 saturated heterocycles. The van der Waals surface area contributed by atoms with Crippen LogP contribution in [0.5, 0.6) is 0 Å². The molecule has 0 radical (unpaired) electrons. The molecule has 0 atom stereocenters. The predicted molar refractivity (Wildman–Crippen MR) is 120 cm³/mol. The van der Waals surface area contributed by atoms with Gasteiger partial charge in [-0.05, 0) is 27.7 Å².